The number of aryl methyl sites for hydroxylation is 3. The highest BCUT2D eigenvalue weighted by Crippen LogP contribution is 2.33. The van der Waals surface area contributed by atoms with Gasteiger partial charge in [-0.15, -0.1) is 0 Å². The van der Waals surface area contributed by atoms with Gasteiger partial charge >= 0.3 is 6.61 Å². The maximum Gasteiger partial charge on any atom is 0.388 e. The van der Waals surface area contributed by atoms with Crippen molar-refractivity contribution in [2.24, 2.45) is 7.05 Å². The molecule has 2 rings (SSSR count). The van der Waals surface area contributed by atoms with Gasteiger partial charge in [0.1, 0.15) is 5.69 Å². The van der Waals surface area contributed by atoms with Gasteiger partial charge in [0.05, 0.1) is 5.69 Å². The van der Waals surface area contributed by atoms with Crippen LogP contribution in [0.25, 0.3) is 11.4 Å². The summed E-state index contributed by atoms with van der Waals surface area (Å²) in [6.07, 6.45) is -2.62. The molecule has 0 radical (unpaired) electrons. The van der Waals surface area contributed by atoms with Crippen molar-refractivity contribution in [1.29, 1.82) is 0 Å². The van der Waals surface area contributed by atoms with Crippen molar-refractivity contribution >= 4 is 0 Å². The van der Waals surface area contributed by atoms with Gasteiger partial charge in [0.15, 0.2) is 0 Å². The fourth-order valence-electron chi connectivity index (χ4n) is 2.28. The normalized spacial score (nSPS) is 11.5. The molecule has 2 aromatic rings. The van der Waals surface area contributed by atoms with E-state index in [4.69, 9.17) is 0 Å². The van der Waals surface area contributed by atoms with Crippen molar-refractivity contribution in [3.05, 3.63) is 28.5 Å². The molecule has 0 aromatic carbocycles. The number of hydrogen-bond acceptors (Lipinski definition) is 3. The van der Waals surface area contributed by atoms with Crippen molar-refractivity contribution in [3.63, 3.8) is 0 Å². The predicted molar refractivity (Wildman–Crippen MR) is 72.2 cm³/mol. The SMILES string of the molecule is Cc1cc(C(F)F)c(C)nc1-c1nn(C)c(OC(F)F)c1C. The fraction of sp³-hybridized carbons (Fsp3) is 0.429. The first kappa shape index (κ1) is 16.3. The average Bonchev–Trinajstić information content (AvgIpc) is 2.68. The second kappa shape index (κ2) is 5.94. The Labute approximate surface area is 124 Å². The molecule has 0 bridgehead atoms. The van der Waals surface area contributed by atoms with Crippen LogP contribution in [0.5, 0.6) is 5.88 Å². The van der Waals surface area contributed by atoms with Crippen LogP contribution in [-0.2, 0) is 7.05 Å². The second-order valence-electron chi connectivity index (χ2n) is 4.91. The van der Waals surface area contributed by atoms with Crippen LogP contribution in [0.4, 0.5) is 17.6 Å². The summed E-state index contributed by atoms with van der Waals surface area (Å²) in [5.74, 6) is -0.0817. The Morgan fingerprint density at radius 2 is 1.73 bits per heavy atom. The van der Waals surface area contributed by atoms with Crippen LogP contribution in [0, 0.1) is 20.8 Å². The zero-order valence-corrected chi connectivity index (χ0v) is 12.5. The highest BCUT2D eigenvalue weighted by molar-refractivity contribution is 5.65. The van der Waals surface area contributed by atoms with E-state index in [1.807, 2.05) is 0 Å². The van der Waals surface area contributed by atoms with Gasteiger partial charge < -0.3 is 4.74 Å². The van der Waals surface area contributed by atoms with Crippen molar-refractivity contribution in [2.45, 2.75) is 33.8 Å². The molecule has 120 valence electrons. The van der Waals surface area contributed by atoms with E-state index in [2.05, 4.69) is 14.8 Å². The zero-order chi connectivity index (χ0) is 16.6. The summed E-state index contributed by atoms with van der Waals surface area (Å²) in [5.41, 5.74) is 1.60. The lowest BCUT2D eigenvalue weighted by Crippen LogP contribution is -2.06. The summed E-state index contributed by atoms with van der Waals surface area (Å²) in [6, 6.07) is 1.34. The third-order valence-electron chi connectivity index (χ3n) is 3.32. The van der Waals surface area contributed by atoms with E-state index in [-0.39, 0.29) is 17.1 Å². The van der Waals surface area contributed by atoms with E-state index >= 15 is 0 Å². The molecule has 0 aliphatic heterocycles. The van der Waals surface area contributed by atoms with E-state index in [0.717, 1.165) is 0 Å². The lowest BCUT2D eigenvalue weighted by Gasteiger charge is -2.10. The molecule has 8 heteroatoms. The van der Waals surface area contributed by atoms with E-state index in [9.17, 15) is 17.6 Å². The average molecular weight is 317 g/mol. The lowest BCUT2D eigenvalue weighted by atomic mass is 10.1. The minimum absolute atomic E-state index is 0.0817. The summed E-state index contributed by atoms with van der Waals surface area (Å²) < 4.78 is 56.2. The van der Waals surface area contributed by atoms with Crippen molar-refractivity contribution in [2.75, 3.05) is 0 Å². The van der Waals surface area contributed by atoms with Gasteiger partial charge in [-0.3, -0.25) is 4.98 Å². The van der Waals surface area contributed by atoms with Crippen LogP contribution in [0.15, 0.2) is 6.07 Å². The van der Waals surface area contributed by atoms with Crippen LogP contribution in [0.3, 0.4) is 0 Å². The number of pyridine rings is 1. The van der Waals surface area contributed by atoms with Gasteiger partial charge in [-0.2, -0.15) is 13.9 Å². The predicted octanol–water partition coefficient (Wildman–Crippen LogP) is 3.95. The lowest BCUT2D eigenvalue weighted by molar-refractivity contribution is -0.0557. The molecule has 0 saturated carbocycles. The largest absolute Gasteiger partial charge is 0.417 e. The number of alkyl halides is 4. The molecule has 0 amide bonds. The third-order valence-corrected chi connectivity index (χ3v) is 3.32. The van der Waals surface area contributed by atoms with Crippen molar-refractivity contribution in [1.82, 2.24) is 14.8 Å². The Bertz CT molecular complexity index is 698. The van der Waals surface area contributed by atoms with Gasteiger partial charge in [0, 0.05) is 23.9 Å². The summed E-state index contributed by atoms with van der Waals surface area (Å²) in [6.45, 7) is 1.69. The van der Waals surface area contributed by atoms with E-state index in [0.29, 0.717) is 22.5 Å². The molecule has 0 unspecified atom stereocenters. The molecule has 0 aliphatic carbocycles. The number of nitrogens with zero attached hydrogens (tertiary/aromatic N) is 3. The van der Waals surface area contributed by atoms with Crippen LogP contribution < -0.4 is 4.74 Å². The second-order valence-corrected chi connectivity index (χ2v) is 4.91. The zero-order valence-electron chi connectivity index (χ0n) is 12.5. The molecule has 0 aliphatic rings. The summed E-state index contributed by atoms with van der Waals surface area (Å²) in [7, 11) is 1.46. The Balaban J connectivity index is 2.56. The van der Waals surface area contributed by atoms with Crippen molar-refractivity contribution < 1.29 is 22.3 Å². The molecule has 0 atom stereocenters. The Morgan fingerprint density at radius 3 is 2.27 bits per heavy atom. The Morgan fingerprint density at radius 1 is 1.09 bits per heavy atom. The topological polar surface area (TPSA) is 39.9 Å². The van der Waals surface area contributed by atoms with Crippen molar-refractivity contribution in [3.8, 4) is 17.3 Å². The summed E-state index contributed by atoms with van der Waals surface area (Å²) in [5, 5.41) is 4.12. The molecule has 2 aromatic heterocycles. The number of aromatic nitrogens is 3. The van der Waals surface area contributed by atoms with Crippen LogP contribution >= 0.6 is 0 Å². The van der Waals surface area contributed by atoms with E-state index < -0.39 is 13.0 Å². The van der Waals surface area contributed by atoms with Gasteiger partial charge in [-0.1, -0.05) is 0 Å². The van der Waals surface area contributed by atoms with Gasteiger partial charge in [0.25, 0.3) is 6.43 Å². The molecular weight excluding hydrogens is 302 g/mol. The van der Waals surface area contributed by atoms with E-state index in [1.165, 1.54) is 24.7 Å². The van der Waals surface area contributed by atoms with E-state index in [1.54, 1.807) is 13.8 Å². The molecule has 0 fully saturated rings. The highest BCUT2D eigenvalue weighted by atomic mass is 19.3. The third kappa shape index (κ3) is 2.90. The van der Waals surface area contributed by atoms with Crippen LogP contribution in [-0.4, -0.2) is 21.4 Å². The summed E-state index contributed by atoms with van der Waals surface area (Å²) in [4.78, 5) is 4.16. The maximum absolute atomic E-state index is 12.9. The minimum atomic E-state index is -2.97. The minimum Gasteiger partial charge on any atom is -0.417 e. The molecule has 2 heterocycles. The number of ether oxygens (including phenoxy) is 1. The first-order valence-electron chi connectivity index (χ1n) is 6.47. The van der Waals surface area contributed by atoms with Crippen LogP contribution in [0.2, 0.25) is 0 Å². The highest BCUT2D eigenvalue weighted by Gasteiger charge is 2.22. The quantitative estimate of drug-likeness (QED) is 0.802. The molecule has 4 nitrogen and oxygen atoms in total. The van der Waals surface area contributed by atoms with Gasteiger partial charge in [-0.05, 0) is 32.4 Å². The molecule has 0 N–H and O–H groups in total. The Kier molecular flexibility index (Phi) is 4.39. The summed E-state index contributed by atoms with van der Waals surface area (Å²) >= 11 is 0. The van der Waals surface area contributed by atoms with Gasteiger partial charge in [-0.25, -0.2) is 13.5 Å². The molecule has 22 heavy (non-hydrogen) atoms. The molecule has 0 spiro atoms. The number of halogens is 4. The number of hydrogen-bond donors (Lipinski definition) is 0. The first-order valence-corrected chi connectivity index (χ1v) is 6.47. The maximum atomic E-state index is 12.9. The monoisotopic (exact) mass is 317 g/mol. The first-order chi connectivity index (χ1) is 10.2. The fourth-order valence-corrected chi connectivity index (χ4v) is 2.28. The Hall–Kier alpha value is -2.12. The van der Waals surface area contributed by atoms with Crippen LogP contribution in [0.1, 0.15) is 28.8 Å². The molecule has 0 saturated heterocycles. The standard InChI is InChI=1S/C14H15F4N3O/c1-6-5-9(12(15)16)8(3)19-10(6)11-7(2)13(21(4)20-11)22-14(17)18/h5,12,14H,1-4H3. The smallest absolute Gasteiger partial charge is 0.388 e. The number of rotatable bonds is 4. The molecular formula is C14H15F4N3O. The van der Waals surface area contributed by atoms with Gasteiger partial charge in [0.2, 0.25) is 5.88 Å².